The van der Waals surface area contributed by atoms with Gasteiger partial charge in [-0.05, 0) is 30.7 Å². The molecule has 1 aliphatic heterocycles. The van der Waals surface area contributed by atoms with Crippen LogP contribution in [-0.2, 0) is 16.0 Å². The van der Waals surface area contributed by atoms with Gasteiger partial charge in [-0.3, -0.25) is 14.6 Å². The molecule has 0 spiro atoms. The van der Waals surface area contributed by atoms with Crippen molar-refractivity contribution in [1.29, 1.82) is 0 Å². The van der Waals surface area contributed by atoms with Gasteiger partial charge in [-0.1, -0.05) is 12.1 Å². The fraction of sp³-hybridized carbons (Fsp3) is 0.200. The van der Waals surface area contributed by atoms with E-state index in [2.05, 4.69) is 15.3 Å². The molecular weight excluding hydrogens is 376 g/mol. The monoisotopic (exact) mass is 394 g/mol. The summed E-state index contributed by atoms with van der Waals surface area (Å²) >= 11 is 1.51. The fourth-order valence-electron chi connectivity index (χ4n) is 2.89. The highest BCUT2D eigenvalue weighted by Gasteiger charge is 2.24. The van der Waals surface area contributed by atoms with Gasteiger partial charge in [-0.15, -0.1) is 11.3 Å². The maximum absolute atomic E-state index is 12.4. The lowest BCUT2D eigenvalue weighted by Crippen LogP contribution is -2.35. The number of amides is 2. The highest BCUT2D eigenvalue weighted by Crippen LogP contribution is 2.38. The number of hydrogen-bond acceptors (Lipinski definition) is 6. The van der Waals surface area contributed by atoms with Crippen molar-refractivity contribution in [2.45, 2.75) is 12.8 Å². The third kappa shape index (κ3) is 3.72. The van der Waals surface area contributed by atoms with Gasteiger partial charge in [0.2, 0.25) is 5.91 Å². The first kappa shape index (κ1) is 18.1. The smallest absolute Gasteiger partial charge is 0.264 e. The van der Waals surface area contributed by atoms with Crippen molar-refractivity contribution in [2.75, 3.05) is 23.9 Å². The summed E-state index contributed by atoms with van der Waals surface area (Å²) in [6.07, 6.45) is 2.56. The second kappa shape index (κ2) is 7.77. The molecule has 3 aromatic rings. The number of aryl methyl sites for hydroxylation is 1. The minimum Gasteiger partial charge on any atom is -0.479 e. The predicted molar refractivity (Wildman–Crippen MR) is 108 cm³/mol. The van der Waals surface area contributed by atoms with Crippen molar-refractivity contribution >= 4 is 34.5 Å². The number of anilines is 2. The second-order valence-corrected chi connectivity index (χ2v) is 7.16. The van der Waals surface area contributed by atoms with Crippen molar-refractivity contribution in [3.8, 4) is 16.5 Å². The van der Waals surface area contributed by atoms with Crippen LogP contribution < -0.4 is 15.0 Å². The number of carbonyl (C=O) groups is 2. The van der Waals surface area contributed by atoms with Crippen molar-refractivity contribution in [2.24, 2.45) is 0 Å². The van der Waals surface area contributed by atoms with E-state index in [0.29, 0.717) is 30.0 Å². The van der Waals surface area contributed by atoms with E-state index >= 15 is 0 Å². The number of pyridine rings is 1. The molecule has 28 heavy (non-hydrogen) atoms. The number of aromatic nitrogens is 2. The Morgan fingerprint density at radius 1 is 1.29 bits per heavy atom. The number of fused-ring (bicyclic) bond motifs is 1. The van der Waals surface area contributed by atoms with E-state index in [1.807, 2.05) is 23.6 Å². The van der Waals surface area contributed by atoms with Crippen LogP contribution in [0.4, 0.5) is 11.4 Å². The Hall–Kier alpha value is -3.26. The minimum absolute atomic E-state index is 0.0362. The van der Waals surface area contributed by atoms with Crippen LogP contribution in [0.3, 0.4) is 0 Å². The summed E-state index contributed by atoms with van der Waals surface area (Å²) in [7, 11) is 1.69. The van der Waals surface area contributed by atoms with E-state index in [4.69, 9.17) is 4.74 Å². The predicted octanol–water partition coefficient (Wildman–Crippen LogP) is 3.13. The minimum atomic E-state index is -0.135. The number of nitrogens with zero attached hydrogens (tertiary/aromatic N) is 3. The third-order valence-electron chi connectivity index (χ3n) is 4.39. The van der Waals surface area contributed by atoms with Crippen LogP contribution in [0.25, 0.3) is 10.7 Å². The molecule has 8 heteroatoms. The quantitative estimate of drug-likeness (QED) is 0.719. The summed E-state index contributed by atoms with van der Waals surface area (Å²) in [6, 6.07) is 11.0. The van der Waals surface area contributed by atoms with Gasteiger partial charge in [0.25, 0.3) is 5.91 Å². The van der Waals surface area contributed by atoms with Gasteiger partial charge in [0, 0.05) is 25.0 Å². The molecule has 0 saturated heterocycles. The van der Waals surface area contributed by atoms with Crippen molar-refractivity contribution < 1.29 is 14.3 Å². The molecule has 1 aliphatic rings. The third-order valence-corrected chi connectivity index (χ3v) is 5.30. The first-order valence-electron chi connectivity index (χ1n) is 8.80. The number of carbonyl (C=O) groups excluding carboxylic acids is 2. The Balaban J connectivity index is 1.40. The molecule has 0 atom stereocenters. The molecule has 0 unspecified atom stereocenters. The normalized spacial score (nSPS) is 13.0. The number of thiazole rings is 1. The van der Waals surface area contributed by atoms with Crippen LogP contribution in [-0.4, -0.2) is 35.4 Å². The summed E-state index contributed by atoms with van der Waals surface area (Å²) in [4.78, 5) is 34.5. The number of nitrogens with one attached hydrogen (secondary N) is 1. The maximum Gasteiger partial charge on any atom is 0.264 e. The van der Waals surface area contributed by atoms with E-state index in [1.165, 1.54) is 16.2 Å². The van der Waals surface area contributed by atoms with Gasteiger partial charge in [0.05, 0.1) is 22.8 Å². The number of ether oxygens (including phenoxy) is 1. The van der Waals surface area contributed by atoms with Gasteiger partial charge in [0.15, 0.2) is 12.4 Å². The highest BCUT2D eigenvalue weighted by atomic mass is 32.1. The topological polar surface area (TPSA) is 84.4 Å². The zero-order chi connectivity index (χ0) is 19.5. The molecule has 3 heterocycles. The van der Waals surface area contributed by atoms with Gasteiger partial charge in [0.1, 0.15) is 5.01 Å². The molecule has 4 rings (SSSR count). The average molecular weight is 394 g/mol. The molecule has 2 aromatic heterocycles. The standard InChI is InChI=1S/C20H18N4O3S/c1-24-16-7-4-6-14(19(16)27-11-18(24)26)23-17(25)9-8-13-12-28-20(22-13)15-5-2-3-10-21-15/h2-7,10,12H,8-9,11H2,1H3,(H,23,25). The molecular formula is C20H18N4O3S. The van der Waals surface area contributed by atoms with E-state index < -0.39 is 0 Å². The summed E-state index contributed by atoms with van der Waals surface area (Å²) in [6.45, 7) is -0.0362. The molecule has 1 N–H and O–H groups in total. The van der Waals surface area contributed by atoms with Gasteiger partial charge in [-0.2, -0.15) is 0 Å². The van der Waals surface area contributed by atoms with Crippen LogP contribution in [0.2, 0.25) is 0 Å². The molecule has 0 bridgehead atoms. The number of para-hydroxylation sites is 1. The summed E-state index contributed by atoms with van der Waals surface area (Å²) in [5.74, 6) is 0.260. The number of rotatable bonds is 5. The van der Waals surface area contributed by atoms with Gasteiger partial charge in [-0.25, -0.2) is 4.98 Å². The molecule has 0 radical (unpaired) electrons. The van der Waals surface area contributed by atoms with Crippen LogP contribution in [0.15, 0.2) is 48.0 Å². The van der Waals surface area contributed by atoms with Crippen LogP contribution in [0.5, 0.6) is 5.75 Å². The van der Waals surface area contributed by atoms with E-state index in [1.54, 1.807) is 31.4 Å². The van der Waals surface area contributed by atoms with Crippen LogP contribution >= 0.6 is 11.3 Å². The Morgan fingerprint density at radius 2 is 2.18 bits per heavy atom. The van der Waals surface area contributed by atoms with E-state index in [0.717, 1.165) is 16.4 Å². The lowest BCUT2D eigenvalue weighted by atomic mass is 10.2. The van der Waals surface area contributed by atoms with E-state index in [-0.39, 0.29) is 18.4 Å². The zero-order valence-corrected chi connectivity index (χ0v) is 16.0. The lowest BCUT2D eigenvalue weighted by molar-refractivity contribution is -0.121. The average Bonchev–Trinajstić information content (AvgIpc) is 3.19. The molecule has 0 aliphatic carbocycles. The highest BCUT2D eigenvalue weighted by molar-refractivity contribution is 7.13. The summed E-state index contributed by atoms with van der Waals surface area (Å²) in [5.41, 5.74) is 2.90. The van der Waals surface area contributed by atoms with Crippen LogP contribution in [0, 0.1) is 0 Å². The number of likely N-dealkylation sites (N-methyl/N-ethyl adjacent to an activating group) is 1. The van der Waals surface area contributed by atoms with Crippen molar-refractivity contribution in [3.05, 3.63) is 53.7 Å². The molecule has 0 fully saturated rings. The molecule has 2 amide bonds. The first-order chi connectivity index (χ1) is 13.6. The van der Waals surface area contributed by atoms with Gasteiger partial charge >= 0.3 is 0 Å². The Labute approximate surface area is 166 Å². The second-order valence-electron chi connectivity index (χ2n) is 6.30. The Bertz CT molecular complexity index is 1020. The molecule has 0 saturated carbocycles. The number of hydrogen-bond donors (Lipinski definition) is 1. The Morgan fingerprint density at radius 3 is 3.00 bits per heavy atom. The SMILES string of the molecule is CN1C(=O)COc2c(NC(=O)CCc3csc(-c4ccccn4)n3)cccc21. The van der Waals surface area contributed by atoms with Crippen molar-refractivity contribution in [1.82, 2.24) is 9.97 Å². The molecule has 7 nitrogen and oxygen atoms in total. The fourth-order valence-corrected chi connectivity index (χ4v) is 3.72. The summed E-state index contributed by atoms with van der Waals surface area (Å²) < 4.78 is 5.53. The lowest BCUT2D eigenvalue weighted by Gasteiger charge is -2.27. The summed E-state index contributed by atoms with van der Waals surface area (Å²) in [5, 5.41) is 5.67. The zero-order valence-electron chi connectivity index (χ0n) is 15.2. The Kier molecular flexibility index (Phi) is 5.03. The van der Waals surface area contributed by atoms with E-state index in [9.17, 15) is 9.59 Å². The first-order valence-corrected chi connectivity index (χ1v) is 9.68. The largest absolute Gasteiger partial charge is 0.479 e. The van der Waals surface area contributed by atoms with Crippen molar-refractivity contribution in [3.63, 3.8) is 0 Å². The van der Waals surface area contributed by atoms with Gasteiger partial charge < -0.3 is 15.0 Å². The number of benzene rings is 1. The molecule has 142 valence electrons. The maximum atomic E-state index is 12.4. The molecule has 1 aromatic carbocycles. The van der Waals surface area contributed by atoms with Crippen LogP contribution in [0.1, 0.15) is 12.1 Å².